The van der Waals surface area contributed by atoms with Crippen molar-refractivity contribution in [1.29, 1.82) is 0 Å². The molecule has 1 heterocycles. The molecule has 2 nitrogen and oxygen atoms in total. The summed E-state index contributed by atoms with van der Waals surface area (Å²) in [4.78, 5) is 0. The molecule has 0 aromatic carbocycles. The molecule has 0 aromatic heterocycles. The number of hydrogen-bond donors (Lipinski definition) is 0. The molecule has 0 spiro atoms. The molecular formula is C2H4Cl3O2P. The van der Waals surface area contributed by atoms with Crippen LogP contribution in [0.3, 0.4) is 0 Å². The van der Waals surface area contributed by atoms with Gasteiger partial charge >= 0.3 is 61.1 Å². The van der Waals surface area contributed by atoms with Gasteiger partial charge in [0.2, 0.25) is 0 Å². The summed E-state index contributed by atoms with van der Waals surface area (Å²) in [5.41, 5.74) is 0. The van der Waals surface area contributed by atoms with Crippen molar-refractivity contribution < 1.29 is 9.05 Å². The second-order valence-electron chi connectivity index (χ2n) is 1.35. The van der Waals surface area contributed by atoms with E-state index in [1.54, 1.807) is 0 Å². The van der Waals surface area contributed by atoms with E-state index in [2.05, 4.69) is 0 Å². The van der Waals surface area contributed by atoms with Gasteiger partial charge in [0.25, 0.3) is 0 Å². The Bertz CT molecular complexity index is 97.6. The molecule has 50 valence electrons. The molecule has 0 amide bonds. The van der Waals surface area contributed by atoms with Crippen LogP contribution >= 0.6 is 38.8 Å². The third-order valence-electron chi connectivity index (χ3n) is 0.664. The van der Waals surface area contributed by atoms with Crippen LogP contribution < -0.4 is 0 Å². The van der Waals surface area contributed by atoms with Crippen LogP contribution in [0.25, 0.3) is 0 Å². The molecule has 0 atom stereocenters. The predicted octanol–water partition coefficient (Wildman–Crippen LogP) is 2.88. The summed E-state index contributed by atoms with van der Waals surface area (Å²) in [6.07, 6.45) is 0. The summed E-state index contributed by atoms with van der Waals surface area (Å²) >= 11 is 16.3. The minimum absolute atomic E-state index is 0.383. The van der Waals surface area contributed by atoms with Crippen molar-refractivity contribution in [2.45, 2.75) is 0 Å². The molecule has 1 fully saturated rings. The Labute approximate surface area is 61.5 Å². The Morgan fingerprint density at radius 3 is 1.50 bits per heavy atom. The number of rotatable bonds is 0. The predicted molar refractivity (Wildman–Crippen MR) is 36.4 cm³/mol. The van der Waals surface area contributed by atoms with Crippen molar-refractivity contribution in [1.82, 2.24) is 0 Å². The van der Waals surface area contributed by atoms with Crippen molar-refractivity contribution in [3.8, 4) is 0 Å². The molecule has 0 N–H and O–H groups in total. The molecule has 0 saturated carbocycles. The molecule has 8 heavy (non-hydrogen) atoms. The number of hydrogen-bond acceptors (Lipinski definition) is 2. The molecule has 0 unspecified atom stereocenters. The van der Waals surface area contributed by atoms with Gasteiger partial charge in [-0.2, -0.15) is 0 Å². The van der Waals surface area contributed by atoms with E-state index in [-0.39, 0.29) is 0 Å². The van der Waals surface area contributed by atoms with Crippen molar-refractivity contribution in [3.63, 3.8) is 0 Å². The quantitative estimate of drug-likeness (QED) is 0.556. The summed E-state index contributed by atoms with van der Waals surface area (Å²) in [6, 6.07) is 0. The van der Waals surface area contributed by atoms with Crippen molar-refractivity contribution >= 4 is 38.8 Å². The third-order valence-corrected chi connectivity index (χ3v) is 3.58. The molecule has 0 aromatic rings. The van der Waals surface area contributed by atoms with E-state index < -0.39 is 5.12 Å². The average molecular weight is 197 g/mol. The first-order valence-corrected chi connectivity index (χ1v) is 6.74. The summed E-state index contributed by atoms with van der Waals surface area (Å²) in [5, 5.41) is -3.57. The topological polar surface area (TPSA) is 18.5 Å². The van der Waals surface area contributed by atoms with Crippen LogP contribution in [0.5, 0.6) is 0 Å². The van der Waals surface area contributed by atoms with Crippen LogP contribution in [-0.4, -0.2) is 13.2 Å². The maximum atomic E-state index is 5.44. The molecule has 6 heteroatoms. The number of halogens is 3. The maximum absolute atomic E-state index is 5.44. The van der Waals surface area contributed by atoms with Gasteiger partial charge in [-0.25, -0.2) is 0 Å². The van der Waals surface area contributed by atoms with E-state index in [9.17, 15) is 0 Å². The van der Waals surface area contributed by atoms with Crippen molar-refractivity contribution in [3.05, 3.63) is 0 Å². The molecule has 0 radical (unpaired) electrons. The van der Waals surface area contributed by atoms with E-state index in [1.165, 1.54) is 0 Å². The summed E-state index contributed by atoms with van der Waals surface area (Å²) in [5.74, 6) is 0. The van der Waals surface area contributed by atoms with Gasteiger partial charge in [0.15, 0.2) is 0 Å². The molecule has 1 rings (SSSR count). The zero-order chi connectivity index (χ0) is 6.28. The zero-order valence-corrected chi connectivity index (χ0v) is 6.97. The van der Waals surface area contributed by atoms with E-state index in [0.717, 1.165) is 0 Å². The zero-order valence-electron chi connectivity index (χ0n) is 3.81. The Morgan fingerprint density at radius 2 is 1.38 bits per heavy atom. The third kappa shape index (κ3) is 1.87. The first-order valence-electron chi connectivity index (χ1n) is 1.95. The van der Waals surface area contributed by atoms with Gasteiger partial charge in [-0.15, -0.1) is 0 Å². The Hall–Kier alpha value is 1.22. The van der Waals surface area contributed by atoms with E-state index in [0.29, 0.717) is 13.2 Å². The Balaban J connectivity index is 2.67. The summed E-state index contributed by atoms with van der Waals surface area (Å²) < 4.78 is 9.46. The van der Waals surface area contributed by atoms with Crippen LogP contribution in [0, 0.1) is 0 Å². The SMILES string of the molecule is ClP1(Cl)(Cl)OCCO1. The molecule has 1 aliphatic heterocycles. The van der Waals surface area contributed by atoms with Crippen LogP contribution in [0.4, 0.5) is 0 Å². The summed E-state index contributed by atoms with van der Waals surface area (Å²) in [7, 11) is 0. The monoisotopic (exact) mass is 196 g/mol. The standard InChI is InChI=1S/C2H4Cl3O2P/c3-8(4,5)6-1-2-7-8/h1-2H2. The fraction of sp³-hybridized carbons (Fsp3) is 1.00. The molecule has 1 saturated heterocycles. The Kier molecular flexibility index (Phi) is 1.69. The molecule has 0 aliphatic carbocycles. The van der Waals surface area contributed by atoms with Gasteiger partial charge in [-0.1, -0.05) is 0 Å². The van der Waals surface area contributed by atoms with Gasteiger partial charge in [0.1, 0.15) is 0 Å². The van der Waals surface area contributed by atoms with Gasteiger partial charge in [-0.3, -0.25) is 0 Å². The van der Waals surface area contributed by atoms with Crippen LogP contribution in [0.15, 0.2) is 0 Å². The first kappa shape index (κ1) is 7.33. The summed E-state index contributed by atoms with van der Waals surface area (Å²) in [6.45, 7) is 0.767. The van der Waals surface area contributed by atoms with Crippen LogP contribution in [-0.2, 0) is 9.05 Å². The van der Waals surface area contributed by atoms with E-state index in [4.69, 9.17) is 42.8 Å². The fourth-order valence-corrected chi connectivity index (χ4v) is 2.42. The Morgan fingerprint density at radius 1 is 1.00 bits per heavy atom. The first-order chi connectivity index (χ1) is 3.47. The minimum atomic E-state index is -3.57. The van der Waals surface area contributed by atoms with Gasteiger partial charge in [-0.05, 0) is 0 Å². The van der Waals surface area contributed by atoms with Crippen molar-refractivity contribution in [2.75, 3.05) is 13.2 Å². The van der Waals surface area contributed by atoms with E-state index in [1.807, 2.05) is 0 Å². The second kappa shape index (κ2) is 1.85. The van der Waals surface area contributed by atoms with Crippen LogP contribution in [0.1, 0.15) is 0 Å². The van der Waals surface area contributed by atoms with Gasteiger partial charge < -0.3 is 0 Å². The van der Waals surface area contributed by atoms with Gasteiger partial charge in [0, 0.05) is 0 Å². The molecular weight excluding hydrogens is 193 g/mol. The molecule has 1 aliphatic rings. The van der Waals surface area contributed by atoms with E-state index >= 15 is 0 Å². The normalized spacial score (nSPS) is 38.1. The average Bonchev–Trinajstić information content (AvgIpc) is 1.81. The fourth-order valence-electron chi connectivity index (χ4n) is 0.393. The van der Waals surface area contributed by atoms with Crippen LogP contribution in [0.2, 0.25) is 0 Å². The van der Waals surface area contributed by atoms with Gasteiger partial charge in [0.05, 0.1) is 0 Å². The second-order valence-corrected chi connectivity index (χ2v) is 10.3. The van der Waals surface area contributed by atoms with Crippen molar-refractivity contribution in [2.24, 2.45) is 0 Å². The molecule has 0 bridgehead atoms.